The highest BCUT2D eigenvalue weighted by Crippen LogP contribution is 2.38. The Balaban J connectivity index is 1.41. The molecule has 2 bridgehead atoms. The number of ether oxygens (including phenoxy) is 1. The van der Waals surface area contributed by atoms with Crippen LogP contribution in [0.5, 0.6) is 6.01 Å². The number of halogens is 1. The van der Waals surface area contributed by atoms with Gasteiger partial charge >= 0.3 is 6.01 Å². The largest absolute Gasteiger partial charge is 0.458 e. The first-order valence-corrected chi connectivity index (χ1v) is 9.98. The summed E-state index contributed by atoms with van der Waals surface area (Å²) in [5, 5.41) is 8.83. The molecule has 1 saturated carbocycles. The van der Waals surface area contributed by atoms with Gasteiger partial charge in [-0.3, -0.25) is 4.79 Å². The third kappa shape index (κ3) is 3.44. The Morgan fingerprint density at radius 1 is 1.10 bits per heavy atom. The highest BCUT2D eigenvalue weighted by Gasteiger charge is 2.45. The molecule has 2 saturated heterocycles. The number of amides is 1. The van der Waals surface area contributed by atoms with Crippen LogP contribution >= 0.6 is 11.6 Å². The average Bonchev–Trinajstić information content (AvgIpc) is 3.30. The Kier molecular flexibility index (Phi) is 4.63. The van der Waals surface area contributed by atoms with Gasteiger partial charge in [0, 0.05) is 6.54 Å². The lowest BCUT2D eigenvalue weighted by molar-refractivity contribution is -0.0330. The minimum absolute atomic E-state index is 0.0228. The normalized spacial score (nSPS) is 23.2. The average molecular weight is 411 g/mol. The van der Waals surface area contributed by atoms with Crippen LogP contribution in [0, 0.1) is 5.92 Å². The van der Waals surface area contributed by atoms with Gasteiger partial charge in [0.1, 0.15) is 6.10 Å². The molecule has 2 aromatic heterocycles. The van der Waals surface area contributed by atoms with E-state index in [9.17, 15) is 4.79 Å². The highest BCUT2D eigenvalue weighted by molar-refractivity contribution is 6.30. The zero-order chi connectivity index (χ0) is 19.8. The number of benzene rings is 1. The fourth-order valence-corrected chi connectivity index (χ4v) is 4.41. The second-order valence-electron chi connectivity index (χ2n) is 7.38. The van der Waals surface area contributed by atoms with Crippen molar-refractivity contribution in [1.29, 1.82) is 0 Å². The van der Waals surface area contributed by atoms with Gasteiger partial charge in [0.25, 0.3) is 5.91 Å². The smallest absolute Gasteiger partial charge is 0.316 e. The predicted molar refractivity (Wildman–Crippen MR) is 105 cm³/mol. The van der Waals surface area contributed by atoms with Crippen molar-refractivity contribution >= 4 is 17.5 Å². The summed E-state index contributed by atoms with van der Waals surface area (Å²) in [5.41, 5.74) is 1.25. The van der Waals surface area contributed by atoms with Gasteiger partial charge < -0.3 is 9.64 Å². The molecule has 1 aromatic carbocycles. The summed E-state index contributed by atoms with van der Waals surface area (Å²) in [5.74, 6) is 0.370. The molecule has 0 radical (unpaired) electrons. The van der Waals surface area contributed by atoms with Crippen molar-refractivity contribution in [1.82, 2.24) is 29.9 Å². The molecule has 0 N–H and O–H groups in total. The Hall–Kier alpha value is -3.00. The minimum Gasteiger partial charge on any atom is -0.458 e. The summed E-state index contributed by atoms with van der Waals surface area (Å²) >= 11 is 5.86. The Labute approximate surface area is 172 Å². The number of nitrogens with zero attached hydrogens (tertiary/aromatic N) is 6. The van der Waals surface area contributed by atoms with Crippen LogP contribution in [0.2, 0.25) is 5.02 Å². The predicted octanol–water partition coefficient (Wildman–Crippen LogP) is 2.78. The molecular formula is C20H19ClN6O2. The van der Waals surface area contributed by atoms with Crippen molar-refractivity contribution in [3.8, 4) is 11.7 Å². The fraction of sp³-hybridized carbons (Fsp3) is 0.350. The standard InChI is InChI=1S/C20H19ClN6O2/c21-14-10-22-20(23-11-14)29-18-9-13-5-6-17(18)26(12-13)19(28)15-3-1-2-4-16(15)27-24-7-8-25-27/h1-4,7-8,10-11,13,17-18H,5-6,9,12H2/t13-,17+,18-/m1/s1. The number of piperidine rings is 2. The van der Waals surface area contributed by atoms with Crippen LogP contribution in [0.4, 0.5) is 0 Å². The third-order valence-corrected chi connectivity index (χ3v) is 5.80. The molecule has 3 aromatic rings. The number of carbonyl (C=O) groups is 1. The SMILES string of the molecule is O=C(c1ccccc1-n1nccn1)N1C[C@@H]2CC[C@H]1[C@H](Oc1ncc(Cl)cn1)C2. The lowest BCUT2D eigenvalue weighted by atomic mass is 9.77. The number of aromatic nitrogens is 5. The highest BCUT2D eigenvalue weighted by atomic mass is 35.5. The number of rotatable bonds is 4. The molecule has 2 aliphatic heterocycles. The first-order valence-electron chi connectivity index (χ1n) is 9.60. The monoisotopic (exact) mass is 410 g/mol. The molecule has 1 amide bonds. The minimum atomic E-state index is -0.136. The van der Waals surface area contributed by atoms with E-state index in [0.29, 0.717) is 28.2 Å². The van der Waals surface area contributed by atoms with Crippen molar-refractivity contribution in [3.63, 3.8) is 0 Å². The van der Waals surface area contributed by atoms with Gasteiger partial charge in [-0.1, -0.05) is 23.7 Å². The van der Waals surface area contributed by atoms with Crippen molar-refractivity contribution in [2.45, 2.75) is 31.4 Å². The van der Waals surface area contributed by atoms with Crippen molar-refractivity contribution < 1.29 is 9.53 Å². The van der Waals surface area contributed by atoms with Gasteiger partial charge in [-0.2, -0.15) is 15.0 Å². The molecule has 0 unspecified atom stereocenters. The van der Waals surface area contributed by atoms with Crippen LogP contribution in [0.15, 0.2) is 49.1 Å². The topological polar surface area (TPSA) is 86.0 Å². The van der Waals surface area contributed by atoms with E-state index in [1.807, 2.05) is 29.2 Å². The first kappa shape index (κ1) is 18.1. The molecular weight excluding hydrogens is 392 g/mol. The summed E-state index contributed by atoms with van der Waals surface area (Å²) in [6, 6.07) is 7.68. The fourth-order valence-electron chi connectivity index (χ4n) is 4.31. The van der Waals surface area contributed by atoms with Crippen molar-refractivity contribution in [2.24, 2.45) is 5.92 Å². The summed E-state index contributed by atoms with van der Waals surface area (Å²) in [4.78, 5) is 25.2. The van der Waals surface area contributed by atoms with E-state index in [2.05, 4.69) is 20.2 Å². The van der Waals surface area contributed by atoms with Crippen molar-refractivity contribution in [2.75, 3.05) is 6.54 Å². The van der Waals surface area contributed by atoms with E-state index in [0.717, 1.165) is 25.8 Å². The summed E-state index contributed by atoms with van der Waals surface area (Å²) < 4.78 is 6.06. The van der Waals surface area contributed by atoms with Crippen molar-refractivity contribution in [3.05, 3.63) is 59.6 Å². The molecule has 8 nitrogen and oxygen atoms in total. The molecule has 0 spiro atoms. The molecule has 4 heterocycles. The molecule has 3 atom stereocenters. The van der Waals surface area contributed by atoms with E-state index in [4.69, 9.17) is 16.3 Å². The molecule has 3 fully saturated rings. The van der Waals surface area contributed by atoms with Gasteiger partial charge in [-0.15, -0.1) is 0 Å². The van der Waals surface area contributed by atoms with E-state index >= 15 is 0 Å². The van der Waals surface area contributed by atoms with Gasteiger partial charge in [0.05, 0.1) is 47.1 Å². The van der Waals surface area contributed by atoms with Gasteiger partial charge in [0.15, 0.2) is 0 Å². The maximum atomic E-state index is 13.5. The number of hydrogen-bond donors (Lipinski definition) is 0. The van der Waals surface area contributed by atoms with Crippen LogP contribution in [0.25, 0.3) is 5.69 Å². The number of carbonyl (C=O) groups excluding carboxylic acids is 1. The summed E-state index contributed by atoms with van der Waals surface area (Å²) in [6.45, 7) is 0.728. The number of para-hydroxylation sites is 1. The molecule has 29 heavy (non-hydrogen) atoms. The van der Waals surface area contributed by atoms with E-state index in [1.54, 1.807) is 12.4 Å². The molecule has 9 heteroatoms. The van der Waals surface area contributed by atoms with Crippen LogP contribution in [-0.2, 0) is 0 Å². The van der Waals surface area contributed by atoms with E-state index in [-0.39, 0.29) is 18.1 Å². The van der Waals surface area contributed by atoms with E-state index in [1.165, 1.54) is 17.2 Å². The molecule has 1 aliphatic carbocycles. The lowest BCUT2D eigenvalue weighted by Crippen LogP contribution is -2.59. The maximum absolute atomic E-state index is 13.5. The van der Waals surface area contributed by atoms with Gasteiger partial charge in [-0.05, 0) is 37.3 Å². The van der Waals surface area contributed by atoms with Crippen LogP contribution in [0.3, 0.4) is 0 Å². The summed E-state index contributed by atoms with van der Waals surface area (Å²) in [7, 11) is 0. The summed E-state index contributed by atoms with van der Waals surface area (Å²) in [6.07, 6.45) is 8.98. The third-order valence-electron chi connectivity index (χ3n) is 5.60. The second kappa shape index (κ2) is 7.44. The maximum Gasteiger partial charge on any atom is 0.316 e. The van der Waals surface area contributed by atoms with Crippen LogP contribution < -0.4 is 4.74 Å². The van der Waals surface area contributed by atoms with E-state index < -0.39 is 0 Å². The number of fused-ring (bicyclic) bond motifs is 3. The Morgan fingerprint density at radius 2 is 1.86 bits per heavy atom. The van der Waals surface area contributed by atoms with Crippen LogP contribution in [0.1, 0.15) is 29.6 Å². The van der Waals surface area contributed by atoms with Gasteiger partial charge in [-0.25, -0.2) is 9.97 Å². The second-order valence-corrected chi connectivity index (χ2v) is 7.82. The first-order chi connectivity index (χ1) is 14.2. The Morgan fingerprint density at radius 3 is 2.62 bits per heavy atom. The molecule has 3 aliphatic rings. The Bertz CT molecular complexity index is 1010. The lowest BCUT2D eigenvalue weighted by Gasteiger charge is -2.49. The molecule has 148 valence electrons. The zero-order valence-corrected chi connectivity index (χ0v) is 16.3. The molecule has 6 rings (SSSR count). The van der Waals surface area contributed by atoms with Crippen LogP contribution in [-0.4, -0.2) is 54.5 Å². The zero-order valence-electron chi connectivity index (χ0n) is 15.6. The number of hydrogen-bond acceptors (Lipinski definition) is 6. The quantitative estimate of drug-likeness (QED) is 0.657. The van der Waals surface area contributed by atoms with Gasteiger partial charge in [0.2, 0.25) is 0 Å².